The lowest BCUT2D eigenvalue weighted by Crippen LogP contribution is -2.19. The smallest absolute Gasteiger partial charge is 0.0762 e. The molecule has 50 valence electrons. The molecule has 0 aliphatic carbocycles. The van der Waals surface area contributed by atoms with E-state index >= 15 is 0 Å². The highest BCUT2D eigenvalue weighted by molar-refractivity contribution is 4.39. The van der Waals surface area contributed by atoms with Gasteiger partial charge in [-0.3, -0.25) is 4.84 Å². The normalized spacial score (nSPS) is 14.6. The van der Waals surface area contributed by atoms with Gasteiger partial charge in [0.05, 0.1) is 6.10 Å². The molecular formula is C6H15NO. The first kappa shape index (κ1) is 7.92. The number of nitrogens with zero attached hydrogens (tertiary/aromatic N) is 1. The predicted molar refractivity (Wildman–Crippen MR) is 34.5 cm³/mol. The summed E-state index contributed by atoms with van der Waals surface area (Å²) >= 11 is 0. The summed E-state index contributed by atoms with van der Waals surface area (Å²) in [6.07, 6.45) is 1.42. The van der Waals surface area contributed by atoms with Crippen molar-refractivity contribution in [1.29, 1.82) is 0 Å². The van der Waals surface area contributed by atoms with E-state index in [2.05, 4.69) is 13.8 Å². The van der Waals surface area contributed by atoms with Gasteiger partial charge in [0.15, 0.2) is 0 Å². The Hall–Kier alpha value is -0.0800. The summed E-state index contributed by atoms with van der Waals surface area (Å²) in [7, 11) is 3.79. The van der Waals surface area contributed by atoms with Gasteiger partial charge >= 0.3 is 0 Å². The van der Waals surface area contributed by atoms with Crippen molar-refractivity contribution < 1.29 is 4.84 Å². The molecule has 0 aliphatic rings. The van der Waals surface area contributed by atoms with Crippen molar-refractivity contribution in [3.63, 3.8) is 0 Å². The third-order valence-electron chi connectivity index (χ3n) is 0.966. The second kappa shape index (κ2) is 3.87. The van der Waals surface area contributed by atoms with Gasteiger partial charge in [0.25, 0.3) is 0 Å². The van der Waals surface area contributed by atoms with Crippen molar-refractivity contribution in [2.24, 2.45) is 0 Å². The van der Waals surface area contributed by atoms with Crippen LogP contribution < -0.4 is 0 Å². The summed E-state index contributed by atoms with van der Waals surface area (Å²) in [5.41, 5.74) is 0. The number of hydrogen-bond donors (Lipinski definition) is 0. The van der Waals surface area contributed by atoms with E-state index in [1.54, 1.807) is 5.06 Å². The number of hydroxylamine groups is 2. The molecule has 0 saturated carbocycles. The Morgan fingerprint density at radius 1 is 1.50 bits per heavy atom. The van der Waals surface area contributed by atoms with Crippen LogP contribution in [0.1, 0.15) is 20.3 Å². The van der Waals surface area contributed by atoms with Gasteiger partial charge in [-0.15, -0.1) is 0 Å². The van der Waals surface area contributed by atoms with Crippen LogP contribution in [0.5, 0.6) is 0 Å². The van der Waals surface area contributed by atoms with Crippen LogP contribution in [0.4, 0.5) is 0 Å². The maximum atomic E-state index is 5.23. The van der Waals surface area contributed by atoms with Crippen molar-refractivity contribution in [3.8, 4) is 0 Å². The topological polar surface area (TPSA) is 12.5 Å². The highest BCUT2D eigenvalue weighted by Gasteiger charge is 1.97. The van der Waals surface area contributed by atoms with E-state index in [-0.39, 0.29) is 0 Å². The van der Waals surface area contributed by atoms with Crippen LogP contribution in [0.2, 0.25) is 0 Å². The SMILES string of the molecule is CCC(C)ON(C)C. The molecule has 0 aromatic carbocycles. The summed E-state index contributed by atoms with van der Waals surface area (Å²) in [5.74, 6) is 0. The fourth-order valence-corrected chi connectivity index (χ4v) is 0.434. The van der Waals surface area contributed by atoms with Crippen LogP contribution in [-0.2, 0) is 4.84 Å². The van der Waals surface area contributed by atoms with E-state index in [9.17, 15) is 0 Å². The number of rotatable bonds is 3. The van der Waals surface area contributed by atoms with Crippen LogP contribution in [0.15, 0.2) is 0 Å². The molecule has 0 N–H and O–H groups in total. The molecule has 0 aliphatic heterocycles. The van der Waals surface area contributed by atoms with Crippen LogP contribution in [-0.4, -0.2) is 25.3 Å². The van der Waals surface area contributed by atoms with Crippen molar-refractivity contribution in [1.82, 2.24) is 5.06 Å². The fraction of sp³-hybridized carbons (Fsp3) is 1.00. The largest absolute Gasteiger partial charge is 0.297 e. The first-order chi connectivity index (χ1) is 3.66. The molecule has 2 heteroatoms. The molecule has 1 unspecified atom stereocenters. The summed E-state index contributed by atoms with van der Waals surface area (Å²) in [5, 5.41) is 1.73. The van der Waals surface area contributed by atoms with E-state index in [1.807, 2.05) is 14.1 Å². The van der Waals surface area contributed by atoms with E-state index in [4.69, 9.17) is 4.84 Å². The molecule has 0 fully saturated rings. The molecule has 2 nitrogen and oxygen atoms in total. The molecule has 0 amide bonds. The van der Waals surface area contributed by atoms with E-state index in [1.165, 1.54) is 0 Å². The standard InChI is InChI=1S/C6H15NO/c1-5-6(2)8-7(3)4/h6H,5H2,1-4H3. The molecule has 0 saturated heterocycles. The lowest BCUT2D eigenvalue weighted by molar-refractivity contribution is -0.158. The van der Waals surface area contributed by atoms with Gasteiger partial charge in [0, 0.05) is 14.1 Å². The van der Waals surface area contributed by atoms with Crippen LogP contribution in [0.25, 0.3) is 0 Å². The molecule has 0 radical (unpaired) electrons. The highest BCUT2D eigenvalue weighted by Crippen LogP contribution is 1.95. The van der Waals surface area contributed by atoms with E-state index in [0.717, 1.165) is 6.42 Å². The first-order valence-electron chi connectivity index (χ1n) is 3.01. The molecule has 0 heterocycles. The molecule has 0 spiro atoms. The average molecular weight is 117 g/mol. The maximum Gasteiger partial charge on any atom is 0.0762 e. The Balaban J connectivity index is 3.10. The average Bonchev–Trinajstić information content (AvgIpc) is 1.65. The first-order valence-corrected chi connectivity index (χ1v) is 3.01. The lowest BCUT2D eigenvalue weighted by Gasteiger charge is -2.15. The zero-order valence-corrected chi connectivity index (χ0v) is 6.14. The van der Waals surface area contributed by atoms with Crippen molar-refractivity contribution in [2.45, 2.75) is 26.4 Å². The van der Waals surface area contributed by atoms with E-state index in [0.29, 0.717) is 6.10 Å². The molecule has 8 heavy (non-hydrogen) atoms. The maximum absolute atomic E-state index is 5.23. The minimum absolute atomic E-state index is 0.352. The van der Waals surface area contributed by atoms with Gasteiger partial charge in [0.1, 0.15) is 0 Å². The lowest BCUT2D eigenvalue weighted by atomic mass is 10.3. The zero-order chi connectivity index (χ0) is 6.57. The van der Waals surface area contributed by atoms with Gasteiger partial charge < -0.3 is 0 Å². The molecule has 0 bridgehead atoms. The Morgan fingerprint density at radius 3 is 2.12 bits per heavy atom. The van der Waals surface area contributed by atoms with Gasteiger partial charge in [0.2, 0.25) is 0 Å². The quantitative estimate of drug-likeness (QED) is 0.516. The van der Waals surface area contributed by atoms with Gasteiger partial charge in [-0.25, -0.2) is 0 Å². The van der Waals surface area contributed by atoms with Crippen LogP contribution >= 0.6 is 0 Å². The Labute approximate surface area is 51.4 Å². The minimum Gasteiger partial charge on any atom is -0.297 e. The van der Waals surface area contributed by atoms with Gasteiger partial charge in [-0.2, -0.15) is 5.06 Å². The highest BCUT2D eigenvalue weighted by atomic mass is 16.7. The van der Waals surface area contributed by atoms with Crippen LogP contribution in [0.3, 0.4) is 0 Å². The summed E-state index contributed by atoms with van der Waals surface area (Å²) in [4.78, 5) is 5.23. The minimum atomic E-state index is 0.352. The van der Waals surface area contributed by atoms with Crippen LogP contribution in [0, 0.1) is 0 Å². The third kappa shape index (κ3) is 4.09. The molecule has 0 rings (SSSR count). The molecule has 0 aromatic rings. The van der Waals surface area contributed by atoms with Crippen molar-refractivity contribution >= 4 is 0 Å². The van der Waals surface area contributed by atoms with Gasteiger partial charge in [-0.05, 0) is 13.3 Å². The Bertz CT molecular complexity index is 54.5. The van der Waals surface area contributed by atoms with Crippen molar-refractivity contribution in [3.05, 3.63) is 0 Å². The predicted octanol–water partition coefficient (Wildman–Crippen LogP) is 1.28. The Morgan fingerprint density at radius 2 is 2.00 bits per heavy atom. The molecular weight excluding hydrogens is 102 g/mol. The second-order valence-electron chi connectivity index (χ2n) is 2.14. The number of hydrogen-bond acceptors (Lipinski definition) is 2. The van der Waals surface area contributed by atoms with Gasteiger partial charge in [-0.1, -0.05) is 6.92 Å². The van der Waals surface area contributed by atoms with E-state index < -0.39 is 0 Å². The summed E-state index contributed by atoms with van der Waals surface area (Å²) < 4.78 is 0. The zero-order valence-electron chi connectivity index (χ0n) is 6.14. The summed E-state index contributed by atoms with van der Waals surface area (Å²) in [6, 6.07) is 0. The van der Waals surface area contributed by atoms with Crippen molar-refractivity contribution in [2.75, 3.05) is 14.1 Å². The summed E-state index contributed by atoms with van der Waals surface area (Å²) in [6.45, 7) is 4.16. The second-order valence-corrected chi connectivity index (χ2v) is 2.14. The monoisotopic (exact) mass is 117 g/mol. The Kier molecular flexibility index (Phi) is 3.83. The third-order valence-corrected chi connectivity index (χ3v) is 0.966. The molecule has 1 atom stereocenters. The molecule has 0 aromatic heterocycles. The fourth-order valence-electron chi connectivity index (χ4n) is 0.434.